The molecular formula is C13H16BrCl2NO. The lowest BCUT2D eigenvalue weighted by molar-refractivity contribution is -0.132. The molecule has 0 heterocycles. The Morgan fingerprint density at radius 1 is 1.28 bits per heavy atom. The van der Waals surface area contributed by atoms with Crippen LogP contribution >= 0.6 is 39.1 Å². The van der Waals surface area contributed by atoms with Gasteiger partial charge in [0.15, 0.2) is 0 Å². The van der Waals surface area contributed by atoms with Crippen LogP contribution in [0.1, 0.15) is 26.3 Å². The van der Waals surface area contributed by atoms with Crippen LogP contribution in [0.2, 0.25) is 10.0 Å². The average molecular weight is 353 g/mol. The molecule has 0 aliphatic rings. The van der Waals surface area contributed by atoms with Crippen LogP contribution in [0.3, 0.4) is 0 Å². The van der Waals surface area contributed by atoms with E-state index in [0.717, 1.165) is 5.56 Å². The molecule has 0 fully saturated rings. The second-order valence-electron chi connectivity index (χ2n) is 4.42. The minimum Gasteiger partial charge on any atom is -0.335 e. The summed E-state index contributed by atoms with van der Waals surface area (Å²) in [5.74, 6) is 0.0658. The third-order valence-corrected chi connectivity index (χ3v) is 3.71. The Morgan fingerprint density at radius 2 is 1.89 bits per heavy atom. The molecule has 0 spiro atoms. The summed E-state index contributed by atoms with van der Waals surface area (Å²) < 4.78 is 0. The average Bonchev–Trinajstić information content (AvgIpc) is 2.29. The van der Waals surface area contributed by atoms with E-state index >= 15 is 0 Å². The molecule has 5 heteroatoms. The fourth-order valence-corrected chi connectivity index (χ4v) is 2.16. The summed E-state index contributed by atoms with van der Waals surface area (Å²) >= 11 is 15.2. The first-order valence-electron chi connectivity index (χ1n) is 5.71. The molecule has 0 aromatic heterocycles. The third kappa shape index (κ3) is 4.15. The number of rotatable bonds is 4. The van der Waals surface area contributed by atoms with Gasteiger partial charge in [-0.05, 0) is 38.5 Å². The van der Waals surface area contributed by atoms with Gasteiger partial charge in [0.1, 0.15) is 0 Å². The highest BCUT2D eigenvalue weighted by molar-refractivity contribution is 9.10. The third-order valence-electron chi connectivity index (χ3n) is 2.58. The van der Waals surface area contributed by atoms with Gasteiger partial charge in [-0.15, -0.1) is 0 Å². The first kappa shape index (κ1) is 15.8. The van der Waals surface area contributed by atoms with Crippen molar-refractivity contribution in [2.75, 3.05) is 0 Å². The van der Waals surface area contributed by atoms with E-state index in [1.807, 2.05) is 26.8 Å². The molecule has 0 radical (unpaired) electrons. The molecule has 0 aliphatic heterocycles. The Bertz CT molecular complexity index is 435. The lowest BCUT2D eigenvalue weighted by Crippen LogP contribution is -2.40. The Labute approximate surface area is 126 Å². The van der Waals surface area contributed by atoms with Crippen molar-refractivity contribution in [2.45, 2.75) is 38.2 Å². The highest BCUT2D eigenvalue weighted by atomic mass is 79.9. The molecule has 0 saturated carbocycles. The maximum absolute atomic E-state index is 12.1. The fourth-order valence-electron chi connectivity index (χ4n) is 1.58. The van der Waals surface area contributed by atoms with Crippen molar-refractivity contribution >= 4 is 45.0 Å². The van der Waals surface area contributed by atoms with Crippen molar-refractivity contribution in [1.29, 1.82) is 0 Å². The van der Waals surface area contributed by atoms with Gasteiger partial charge in [-0.1, -0.05) is 45.2 Å². The fraction of sp³-hybridized carbons (Fsp3) is 0.462. The van der Waals surface area contributed by atoms with Crippen LogP contribution in [0.4, 0.5) is 0 Å². The molecule has 0 bridgehead atoms. The SMILES string of the molecule is CC(Br)C(=O)N(Cc1ccc(Cl)c(Cl)c1)C(C)C. The number of carbonyl (C=O) groups excluding carboxylic acids is 1. The van der Waals surface area contributed by atoms with Crippen molar-refractivity contribution in [3.63, 3.8) is 0 Å². The predicted octanol–water partition coefficient (Wildman–Crippen LogP) is 4.51. The van der Waals surface area contributed by atoms with Crippen LogP contribution in [-0.2, 0) is 11.3 Å². The normalized spacial score (nSPS) is 12.6. The molecule has 1 unspecified atom stereocenters. The van der Waals surface area contributed by atoms with Crippen molar-refractivity contribution in [2.24, 2.45) is 0 Å². The van der Waals surface area contributed by atoms with Gasteiger partial charge in [-0.2, -0.15) is 0 Å². The van der Waals surface area contributed by atoms with E-state index < -0.39 is 0 Å². The summed E-state index contributed by atoms with van der Waals surface area (Å²) in [6, 6.07) is 5.56. The number of carbonyl (C=O) groups is 1. The summed E-state index contributed by atoms with van der Waals surface area (Å²) in [5.41, 5.74) is 0.972. The number of halogens is 3. The zero-order valence-electron chi connectivity index (χ0n) is 10.6. The monoisotopic (exact) mass is 351 g/mol. The van der Waals surface area contributed by atoms with Gasteiger partial charge in [0, 0.05) is 12.6 Å². The van der Waals surface area contributed by atoms with Crippen LogP contribution in [0, 0.1) is 0 Å². The van der Waals surface area contributed by atoms with Crippen molar-refractivity contribution in [1.82, 2.24) is 4.90 Å². The van der Waals surface area contributed by atoms with Gasteiger partial charge < -0.3 is 4.90 Å². The Kier molecular flexibility index (Phi) is 5.96. The first-order chi connectivity index (χ1) is 8.32. The van der Waals surface area contributed by atoms with E-state index in [1.165, 1.54) is 0 Å². The van der Waals surface area contributed by atoms with E-state index in [1.54, 1.807) is 17.0 Å². The minimum absolute atomic E-state index is 0.0658. The molecule has 2 nitrogen and oxygen atoms in total. The number of amides is 1. The molecule has 1 amide bonds. The topological polar surface area (TPSA) is 20.3 Å². The second kappa shape index (κ2) is 6.78. The summed E-state index contributed by atoms with van der Waals surface area (Å²) in [6.45, 7) is 6.34. The van der Waals surface area contributed by atoms with Crippen molar-refractivity contribution in [3.8, 4) is 0 Å². The maximum atomic E-state index is 12.1. The van der Waals surface area contributed by atoms with Crippen molar-refractivity contribution in [3.05, 3.63) is 33.8 Å². The number of hydrogen-bond acceptors (Lipinski definition) is 1. The van der Waals surface area contributed by atoms with Crippen LogP contribution in [-0.4, -0.2) is 21.7 Å². The first-order valence-corrected chi connectivity index (χ1v) is 7.38. The van der Waals surface area contributed by atoms with E-state index in [-0.39, 0.29) is 16.8 Å². The van der Waals surface area contributed by atoms with Crippen LogP contribution in [0.25, 0.3) is 0 Å². The number of benzene rings is 1. The molecule has 100 valence electrons. The smallest absolute Gasteiger partial charge is 0.236 e. The van der Waals surface area contributed by atoms with Gasteiger partial charge in [0.05, 0.1) is 14.9 Å². The van der Waals surface area contributed by atoms with E-state index in [9.17, 15) is 4.79 Å². The Morgan fingerprint density at radius 3 is 2.33 bits per heavy atom. The lowest BCUT2D eigenvalue weighted by Gasteiger charge is -2.28. The molecule has 1 aromatic carbocycles. The maximum Gasteiger partial charge on any atom is 0.236 e. The standard InChI is InChI=1S/C13H16BrCl2NO/c1-8(2)17(13(18)9(3)14)7-10-4-5-11(15)12(16)6-10/h4-6,8-9H,7H2,1-3H3. The van der Waals surface area contributed by atoms with Crippen LogP contribution < -0.4 is 0 Å². The summed E-state index contributed by atoms with van der Waals surface area (Å²) in [6.07, 6.45) is 0. The lowest BCUT2D eigenvalue weighted by atomic mass is 10.1. The molecule has 1 atom stereocenters. The zero-order chi connectivity index (χ0) is 13.9. The van der Waals surface area contributed by atoms with Crippen LogP contribution in [0.5, 0.6) is 0 Å². The zero-order valence-corrected chi connectivity index (χ0v) is 13.7. The summed E-state index contributed by atoms with van der Waals surface area (Å²) in [7, 11) is 0. The Balaban J connectivity index is 2.90. The van der Waals surface area contributed by atoms with Gasteiger partial charge in [-0.25, -0.2) is 0 Å². The van der Waals surface area contributed by atoms with Gasteiger partial charge >= 0.3 is 0 Å². The van der Waals surface area contributed by atoms with Gasteiger partial charge in [0.25, 0.3) is 0 Å². The van der Waals surface area contributed by atoms with E-state index in [4.69, 9.17) is 23.2 Å². The number of hydrogen-bond donors (Lipinski definition) is 0. The molecular weight excluding hydrogens is 337 g/mol. The van der Waals surface area contributed by atoms with Crippen molar-refractivity contribution < 1.29 is 4.79 Å². The minimum atomic E-state index is -0.192. The van der Waals surface area contributed by atoms with Gasteiger partial charge in [-0.3, -0.25) is 4.79 Å². The second-order valence-corrected chi connectivity index (χ2v) is 6.61. The quantitative estimate of drug-likeness (QED) is 0.730. The summed E-state index contributed by atoms with van der Waals surface area (Å²) in [5, 5.41) is 1.04. The largest absolute Gasteiger partial charge is 0.335 e. The molecule has 0 aliphatic carbocycles. The highest BCUT2D eigenvalue weighted by Gasteiger charge is 2.21. The molecule has 0 saturated heterocycles. The van der Waals surface area contributed by atoms with E-state index in [0.29, 0.717) is 16.6 Å². The molecule has 1 aromatic rings. The van der Waals surface area contributed by atoms with E-state index in [2.05, 4.69) is 15.9 Å². The number of alkyl halides is 1. The molecule has 0 N–H and O–H groups in total. The highest BCUT2D eigenvalue weighted by Crippen LogP contribution is 2.24. The molecule has 1 rings (SSSR count). The Hall–Kier alpha value is -0.250. The summed E-state index contributed by atoms with van der Waals surface area (Å²) in [4.78, 5) is 13.7. The molecule has 18 heavy (non-hydrogen) atoms. The van der Waals surface area contributed by atoms with Gasteiger partial charge in [0.2, 0.25) is 5.91 Å². The predicted molar refractivity (Wildman–Crippen MR) is 80.5 cm³/mol. The number of nitrogens with zero attached hydrogens (tertiary/aromatic N) is 1. The van der Waals surface area contributed by atoms with Crippen LogP contribution in [0.15, 0.2) is 18.2 Å².